The second-order valence-corrected chi connectivity index (χ2v) is 7.57. The minimum Gasteiger partial charge on any atom is -0.445 e. The molecule has 4 heteroatoms. The number of amides is 1. The molecule has 2 rings (SSSR count). The van der Waals surface area contributed by atoms with Gasteiger partial charge in [-0.1, -0.05) is 51.2 Å². The average molecular weight is 361 g/mol. The lowest BCUT2D eigenvalue weighted by molar-refractivity contribution is 0.0833. The molecule has 1 amide bonds. The van der Waals surface area contributed by atoms with E-state index in [1.54, 1.807) is 0 Å². The zero-order chi connectivity index (χ0) is 18.6. The zero-order valence-electron chi connectivity index (χ0n) is 16.6. The van der Waals surface area contributed by atoms with Gasteiger partial charge in [0.2, 0.25) is 0 Å². The Morgan fingerprint density at radius 2 is 1.92 bits per heavy atom. The molecule has 0 unspecified atom stereocenters. The average Bonchev–Trinajstić information content (AvgIpc) is 2.62. The Kier molecular flexibility index (Phi) is 9.54. The number of piperidine rings is 1. The van der Waals surface area contributed by atoms with E-state index >= 15 is 0 Å². The molecule has 1 fully saturated rings. The van der Waals surface area contributed by atoms with Crippen molar-refractivity contribution in [2.45, 2.75) is 77.7 Å². The van der Waals surface area contributed by atoms with E-state index in [9.17, 15) is 4.79 Å². The summed E-state index contributed by atoms with van der Waals surface area (Å²) < 4.78 is 5.53. The topological polar surface area (TPSA) is 41.6 Å². The van der Waals surface area contributed by atoms with Gasteiger partial charge in [-0.3, -0.25) is 10.2 Å². The molecule has 26 heavy (non-hydrogen) atoms. The lowest BCUT2D eigenvalue weighted by Crippen LogP contribution is -2.37. The largest absolute Gasteiger partial charge is 0.445 e. The van der Waals surface area contributed by atoms with Crippen molar-refractivity contribution in [2.24, 2.45) is 0 Å². The first-order valence-corrected chi connectivity index (χ1v) is 10.5. The SMILES string of the molecule is CCCCCCCc1cccc(NC(=O)O[C@@H](C)CN2CCCCC2)c1. The van der Waals surface area contributed by atoms with Crippen LogP contribution in [-0.2, 0) is 11.2 Å². The smallest absolute Gasteiger partial charge is 0.411 e. The predicted octanol–water partition coefficient (Wildman–Crippen LogP) is 5.62. The van der Waals surface area contributed by atoms with Crippen LogP contribution in [0.5, 0.6) is 0 Å². The van der Waals surface area contributed by atoms with Crippen molar-refractivity contribution in [1.82, 2.24) is 4.90 Å². The molecule has 1 saturated heterocycles. The van der Waals surface area contributed by atoms with Gasteiger partial charge in [-0.05, 0) is 63.4 Å². The Morgan fingerprint density at radius 3 is 2.69 bits per heavy atom. The van der Waals surface area contributed by atoms with E-state index < -0.39 is 0 Å². The molecule has 1 N–H and O–H groups in total. The van der Waals surface area contributed by atoms with Gasteiger partial charge in [0.1, 0.15) is 6.10 Å². The Hall–Kier alpha value is -1.55. The number of carbonyl (C=O) groups is 1. The highest BCUT2D eigenvalue weighted by atomic mass is 16.6. The summed E-state index contributed by atoms with van der Waals surface area (Å²) >= 11 is 0. The van der Waals surface area contributed by atoms with Crippen LogP contribution in [0.2, 0.25) is 0 Å². The van der Waals surface area contributed by atoms with Crippen LogP contribution in [0.3, 0.4) is 0 Å². The quantitative estimate of drug-likeness (QED) is 0.550. The van der Waals surface area contributed by atoms with Crippen LogP contribution < -0.4 is 5.32 Å². The first kappa shape index (κ1) is 20.8. The minimum atomic E-state index is -0.352. The highest BCUT2D eigenvalue weighted by Crippen LogP contribution is 2.15. The van der Waals surface area contributed by atoms with Crippen molar-refractivity contribution < 1.29 is 9.53 Å². The number of likely N-dealkylation sites (tertiary alicyclic amines) is 1. The maximum Gasteiger partial charge on any atom is 0.411 e. The summed E-state index contributed by atoms with van der Waals surface area (Å²) in [7, 11) is 0. The number of benzene rings is 1. The van der Waals surface area contributed by atoms with E-state index in [0.29, 0.717) is 0 Å². The van der Waals surface area contributed by atoms with E-state index in [1.807, 2.05) is 19.1 Å². The van der Waals surface area contributed by atoms with Crippen LogP contribution in [0.25, 0.3) is 0 Å². The van der Waals surface area contributed by atoms with Crippen LogP contribution in [0.15, 0.2) is 24.3 Å². The fourth-order valence-electron chi connectivity index (χ4n) is 3.61. The summed E-state index contributed by atoms with van der Waals surface area (Å²) in [4.78, 5) is 14.5. The number of hydrogen-bond acceptors (Lipinski definition) is 3. The number of unbranched alkanes of at least 4 members (excludes halogenated alkanes) is 4. The van der Waals surface area contributed by atoms with Gasteiger partial charge in [0.05, 0.1) is 0 Å². The molecule has 1 aromatic rings. The molecule has 0 spiro atoms. The monoisotopic (exact) mass is 360 g/mol. The van der Waals surface area contributed by atoms with Crippen LogP contribution in [0, 0.1) is 0 Å². The number of hydrogen-bond donors (Lipinski definition) is 1. The molecule has 146 valence electrons. The van der Waals surface area contributed by atoms with Gasteiger partial charge in [-0.2, -0.15) is 0 Å². The zero-order valence-corrected chi connectivity index (χ0v) is 16.6. The highest BCUT2D eigenvalue weighted by Gasteiger charge is 2.16. The third-order valence-corrected chi connectivity index (χ3v) is 5.01. The fourth-order valence-corrected chi connectivity index (χ4v) is 3.61. The number of ether oxygens (including phenoxy) is 1. The Balaban J connectivity index is 1.71. The van der Waals surface area contributed by atoms with Gasteiger partial charge in [0.15, 0.2) is 0 Å². The van der Waals surface area contributed by atoms with E-state index in [2.05, 4.69) is 29.3 Å². The third kappa shape index (κ3) is 8.22. The van der Waals surface area contributed by atoms with Gasteiger partial charge < -0.3 is 4.74 Å². The normalized spacial score (nSPS) is 16.2. The van der Waals surface area contributed by atoms with E-state index in [4.69, 9.17) is 4.74 Å². The second-order valence-electron chi connectivity index (χ2n) is 7.57. The first-order valence-electron chi connectivity index (χ1n) is 10.5. The number of nitrogens with zero attached hydrogens (tertiary/aromatic N) is 1. The minimum absolute atomic E-state index is 0.0881. The van der Waals surface area contributed by atoms with E-state index in [0.717, 1.165) is 31.7 Å². The number of rotatable bonds is 10. The van der Waals surface area contributed by atoms with Crippen LogP contribution in [0.4, 0.5) is 10.5 Å². The summed E-state index contributed by atoms with van der Waals surface area (Å²) in [6.45, 7) is 7.28. The Bertz CT molecular complexity index is 527. The molecule has 0 aliphatic carbocycles. The van der Waals surface area contributed by atoms with Crippen LogP contribution in [0.1, 0.15) is 70.8 Å². The first-order chi connectivity index (χ1) is 12.7. The number of anilines is 1. The maximum atomic E-state index is 12.2. The van der Waals surface area contributed by atoms with Crippen molar-refractivity contribution in [2.75, 3.05) is 25.0 Å². The lowest BCUT2D eigenvalue weighted by Gasteiger charge is -2.28. The van der Waals surface area contributed by atoms with Crippen LogP contribution in [-0.4, -0.2) is 36.7 Å². The van der Waals surface area contributed by atoms with Crippen molar-refractivity contribution in [3.8, 4) is 0 Å². The van der Waals surface area contributed by atoms with Gasteiger partial charge in [-0.15, -0.1) is 0 Å². The Morgan fingerprint density at radius 1 is 1.15 bits per heavy atom. The number of carbonyl (C=O) groups excluding carboxylic acids is 1. The number of aryl methyl sites for hydroxylation is 1. The van der Waals surface area contributed by atoms with Crippen molar-refractivity contribution in [3.63, 3.8) is 0 Å². The molecule has 1 atom stereocenters. The molecule has 0 saturated carbocycles. The lowest BCUT2D eigenvalue weighted by atomic mass is 10.1. The van der Waals surface area contributed by atoms with Crippen molar-refractivity contribution in [1.29, 1.82) is 0 Å². The molecule has 1 aliphatic rings. The summed E-state index contributed by atoms with van der Waals surface area (Å²) in [5.74, 6) is 0. The second kappa shape index (κ2) is 11.9. The third-order valence-electron chi connectivity index (χ3n) is 5.01. The van der Waals surface area contributed by atoms with Crippen molar-refractivity contribution in [3.05, 3.63) is 29.8 Å². The molecule has 0 aromatic heterocycles. The molecule has 1 aromatic carbocycles. The summed E-state index contributed by atoms with van der Waals surface area (Å²) in [5, 5.41) is 2.88. The molecule has 4 nitrogen and oxygen atoms in total. The maximum absolute atomic E-state index is 12.2. The Labute approximate surface area is 159 Å². The summed E-state index contributed by atoms with van der Waals surface area (Å²) in [6.07, 6.45) is 10.9. The standard InChI is InChI=1S/C22H36N2O2/c1-3-4-5-6-8-12-20-13-11-14-21(17-20)23-22(25)26-19(2)18-24-15-9-7-10-16-24/h11,13-14,17,19H,3-10,12,15-16,18H2,1-2H3,(H,23,25)/t19-/m0/s1. The summed E-state index contributed by atoms with van der Waals surface area (Å²) in [6, 6.07) is 8.14. The molecular weight excluding hydrogens is 324 g/mol. The van der Waals surface area contributed by atoms with Gasteiger partial charge >= 0.3 is 6.09 Å². The molecular formula is C22H36N2O2. The molecule has 1 heterocycles. The van der Waals surface area contributed by atoms with E-state index in [-0.39, 0.29) is 12.2 Å². The molecule has 0 bridgehead atoms. The van der Waals surface area contributed by atoms with Crippen LogP contribution >= 0.6 is 0 Å². The number of nitrogens with one attached hydrogen (secondary N) is 1. The molecule has 0 radical (unpaired) electrons. The summed E-state index contributed by atoms with van der Waals surface area (Å²) in [5.41, 5.74) is 2.10. The predicted molar refractivity (Wildman–Crippen MR) is 109 cm³/mol. The fraction of sp³-hybridized carbons (Fsp3) is 0.682. The van der Waals surface area contributed by atoms with Gasteiger partial charge in [0.25, 0.3) is 0 Å². The van der Waals surface area contributed by atoms with Crippen molar-refractivity contribution >= 4 is 11.8 Å². The molecule has 1 aliphatic heterocycles. The highest BCUT2D eigenvalue weighted by molar-refractivity contribution is 5.84. The van der Waals surface area contributed by atoms with Gasteiger partial charge in [0, 0.05) is 12.2 Å². The van der Waals surface area contributed by atoms with E-state index in [1.165, 1.54) is 56.9 Å². The van der Waals surface area contributed by atoms with Gasteiger partial charge in [-0.25, -0.2) is 4.79 Å².